The fourth-order valence-corrected chi connectivity index (χ4v) is 3.72. The monoisotopic (exact) mass is 349 g/mol. The minimum absolute atomic E-state index is 0.133. The first-order valence-electron chi connectivity index (χ1n) is 7.85. The molecule has 0 aromatic heterocycles. The third kappa shape index (κ3) is 3.02. The maximum Gasteiger partial charge on any atom is 0.138 e. The predicted molar refractivity (Wildman–Crippen MR) is 98.2 cm³/mol. The summed E-state index contributed by atoms with van der Waals surface area (Å²) in [4.78, 5) is 2.42. The van der Waals surface area contributed by atoms with Gasteiger partial charge in [-0.3, -0.25) is 0 Å². The van der Waals surface area contributed by atoms with Gasteiger partial charge in [0.2, 0.25) is 0 Å². The summed E-state index contributed by atoms with van der Waals surface area (Å²) in [6.07, 6.45) is 0. The van der Waals surface area contributed by atoms with E-state index in [0.717, 1.165) is 6.54 Å². The van der Waals surface area contributed by atoms with E-state index in [0.29, 0.717) is 28.4 Å². The smallest absolute Gasteiger partial charge is 0.138 e. The highest BCUT2D eigenvalue weighted by molar-refractivity contribution is 6.35. The fourth-order valence-electron chi connectivity index (χ4n) is 3.25. The average molecular weight is 350 g/mol. The molecule has 1 aliphatic heterocycles. The number of fused-ring (bicyclic) bond motifs is 1. The summed E-state index contributed by atoms with van der Waals surface area (Å²) in [6, 6.07) is 14.4. The van der Waals surface area contributed by atoms with Crippen molar-refractivity contribution in [2.75, 3.05) is 18.1 Å². The van der Waals surface area contributed by atoms with Gasteiger partial charge in [0, 0.05) is 22.2 Å². The van der Waals surface area contributed by atoms with Crippen molar-refractivity contribution in [3.63, 3.8) is 0 Å². The molecule has 2 aromatic carbocycles. The molecule has 4 heteroatoms. The highest BCUT2D eigenvalue weighted by atomic mass is 35.5. The largest absolute Gasteiger partial charge is 0.490 e. The van der Waals surface area contributed by atoms with Crippen LogP contribution in [0, 0.1) is 0 Å². The van der Waals surface area contributed by atoms with Crippen LogP contribution in [0.5, 0.6) is 5.75 Å². The van der Waals surface area contributed by atoms with Gasteiger partial charge in [-0.15, -0.1) is 0 Å². The van der Waals surface area contributed by atoms with E-state index < -0.39 is 0 Å². The Balaban J connectivity index is 1.71. The van der Waals surface area contributed by atoms with Gasteiger partial charge in [-0.25, -0.2) is 0 Å². The lowest BCUT2D eigenvalue weighted by atomic mass is 9.81. The van der Waals surface area contributed by atoms with Crippen LogP contribution in [-0.2, 0) is 5.41 Å². The number of hydrogen-bond acceptors (Lipinski definition) is 2. The predicted octanol–water partition coefficient (Wildman–Crippen LogP) is 5.56. The molecule has 0 radical (unpaired) electrons. The van der Waals surface area contributed by atoms with Crippen molar-refractivity contribution in [3.8, 4) is 5.75 Å². The Morgan fingerprint density at radius 3 is 2.61 bits per heavy atom. The van der Waals surface area contributed by atoms with Gasteiger partial charge < -0.3 is 9.64 Å². The molecular formula is C19H21Cl2NO. The normalized spacial score (nSPS) is 18.8. The van der Waals surface area contributed by atoms with Crippen molar-refractivity contribution in [1.29, 1.82) is 0 Å². The number of nitrogens with zero attached hydrogens (tertiary/aromatic N) is 1. The van der Waals surface area contributed by atoms with Crippen molar-refractivity contribution in [3.05, 3.63) is 58.1 Å². The fraction of sp³-hybridized carbons (Fsp3) is 0.368. The van der Waals surface area contributed by atoms with E-state index in [1.807, 2.05) is 6.07 Å². The first-order valence-corrected chi connectivity index (χ1v) is 8.61. The number of hydrogen-bond donors (Lipinski definition) is 0. The van der Waals surface area contributed by atoms with Crippen molar-refractivity contribution >= 4 is 28.9 Å². The van der Waals surface area contributed by atoms with Gasteiger partial charge in [0.1, 0.15) is 12.4 Å². The standard InChI is InChI=1S/C19H21Cl2NO/c1-13-19(2,3)15-6-4-5-7-17(15)22(13)10-11-23-18-9-8-14(20)12-16(18)21/h4-9,12-13H,10-11H2,1-3H3. The van der Waals surface area contributed by atoms with Gasteiger partial charge in [0.15, 0.2) is 0 Å². The van der Waals surface area contributed by atoms with Gasteiger partial charge in [-0.2, -0.15) is 0 Å². The summed E-state index contributed by atoms with van der Waals surface area (Å²) in [5, 5.41) is 1.17. The molecule has 0 spiro atoms. The molecule has 0 N–H and O–H groups in total. The second kappa shape index (κ2) is 6.26. The SMILES string of the molecule is CC1N(CCOc2ccc(Cl)cc2Cl)c2ccccc2C1(C)C. The van der Waals surface area contributed by atoms with Crippen LogP contribution in [0.2, 0.25) is 10.0 Å². The van der Waals surface area contributed by atoms with Crippen molar-refractivity contribution < 1.29 is 4.74 Å². The summed E-state index contributed by atoms with van der Waals surface area (Å²) in [7, 11) is 0. The van der Waals surface area contributed by atoms with E-state index in [1.165, 1.54) is 11.3 Å². The molecular weight excluding hydrogens is 329 g/mol. The molecule has 1 atom stereocenters. The molecule has 2 nitrogen and oxygen atoms in total. The summed E-state index contributed by atoms with van der Waals surface area (Å²) in [5.74, 6) is 0.676. The molecule has 1 heterocycles. The van der Waals surface area contributed by atoms with Crippen LogP contribution >= 0.6 is 23.2 Å². The van der Waals surface area contributed by atoms with E-state index in [2.05, 4.69) is 49.9 Å². The lowest BCUT2D eigenvalue weighted by molar-refractivity contribution is 0.314. The van der Waals surface area contributed by atoms with E-state index in [1.54, 1.807) is 12.1 Å². The minimum atomic E-state index is 0.133. The van der Waals surface area contributed by atoms with Gasteiger partial charge in [-0.05, 0) is 36.8 Å². The molecule has 0 aliphatic carbocycles. The Bertz CT molecular complexity index is 714. The summed E-state index contributed by atoms with van der Waals surface area (Å²) in [5.41, 5.74) is 2.84. The Hall–Kier alpha value is -1.38. The summed E-state index contributed by atoms with van der Waals surface area (Å²) < 4.78 is 5.85. The Morgan fingerprint density at radius 2 is 1.87 bits per heavy atom. The van der Waals surface area contributed by atoms with Crippen LogP contribution in [0.15, 0.2) is 42.5 Å². The highest BCUT2D eigenvalue weighted by Crippen LogP contribution is 2.44. The molecule has 0 amide bonds. The Labute approximate surface area is 148 Å². The Kier molecular flexibility index (Phi) is 4.48. The quantitative estimate of drug-likeness (QED) is 0.716. The molecule has 3 rings (SSSR count). The maximum absolute atomic E-state index is 6.16. The number of anilines is 1. The zero-order valence-electron chi connectivity index (χ0n) is 13.6. The first kappa shape index (κ1) is 16.5. The number of halogens is 2. The van der Waals surface area contributed by atoms with Crippen molar-refractivity contribution in [2.45, 2.75) is 32.2 Å². The van der Waals surface area contributed by atoms with Crippen molar-refractivity contribution in [1.82, 2.24) is 0 Å². The topological polar surface area (TPSA) is 12.5 Å². The van der Waals surface area contributed by atoms with Crippen LogP contribution in [-0.4, -0.2) is 19.2 Å². The number of ether oxygens (including phenoxy) is 1. The molecule has 2 aromatic rings. The lowest BCUT2D eigenvalue weighted by Gasteiger charge is -2.31. The molecule has 122 valence electrons. The van der Waals surface area contributed by atoms with Gasteiger partial charge in [-0.1, -0.05) is 55.2 Å². The van der Waals surface area contributed by atoms with E-state index in [4.69, 9.17) is 27.9 Å². The molecule has 0 fully saturated rings. The molecule has 1 unspecified atom stereocenters. The minimum Gasteiger partial charge on any atom is -0.490 e. The van der Waals surface area contributed by atoms with Gasteiger partial charge >= 0.3 is 0 Å². The second-order valence-corrected chi connectivity index (χ2v) is 7.38. The molecule has 0 saturated carbocycles. The number of benzene rings is 2. The number of para-hydroxylation sites is 1. The van der Waals surface area contributed by atoms with Crippen LogP contribution in [0.4, 0.5) is 5.69 Å². The zero-order valence-corrected chi connectivity index (χ0v) is 15.2. The van der Waals surface area contributed by atoms with Crippen molar-refractivity contribution in [2.24, 2.45) is 0 Å². The Morgan fingerprint density at radius 1 is 1.13 bits per heavy atom. The van der Waals surface area contributed by atoms with E-state index in [9.17, 15) is 0 Å². The van der Waals surface area contributed by atoms with Gasteiger partial charge in [0.05, 0.1) is 11.6 Å². The molecule has 1 aliphatic rings. The zero-order chi connectivity index (χ0) is 16.6. The van der Waals surface area contributed by atoms with Crippen LogP contribution in [0.25, 0.3) is 0 Å². The average Bonchev–Trinajstić information content (AvgIpc) is 2.71. The molecule has 23 heavy (non-hydrogen) atoms. The van der Waals surface area contributed by atoms with Gasteiger partial charge in [0.25, 0.3) is 0 Å². The maximum atomic E-state index is 6.16. The summed E-state index contributed by atoms with van der Waals surface area (Å²) >= 11 is 12.1. The molecule has 0 saturated heterocycles. The first-order chi connectivity index (χ1) is 10.9. The van der Waals surface area contributed by atoms with E-state index in [-0.39, 0.29) is 5.41 Å². The third-order valence-electron chi connectivity index (χ3n) is 4.90. The highest BCUT2D eigenvalue weighted by Gasteiger charge is 2.41. The molecule has 0 bridgehead atoms. The third-order valence-corrected chi connectivity index (χ3v) is 5.43. The summed E-state index contributed by atoms with van der Waals surface area (Å²) in [6.45, 7) is 8.27. The van der Waals surface area contributed by atoms with Crippen LogP contribution < -0.4 is 9.64 Å². The second-order valence-electron chi connectivity index (χ2n) is 6.53. The van der Waals surface area contributed by atoms with Crippen LogP contribution in [0.1, 0.15) is 26.3 Å². The number of rotatable bonds is 4. The van der Waals surface area contributed by atoms with Crippen LogP contribution in [0.3, 0.4) is 0 Å². The van der Waals surface area contributed by atoms with E-state index >= 15 is 0 Å². The lowest BCUT2D eigenvalue weighted by Crippen LogP contribution is -2.40.